The lowest BCUT2D eigenvalue weighted by Crippen LogP contribution is -2.39. The first-order valence-corrected chi connectivity index (χ1v) is 5.87. The van der Waals surface area contributed by atoms with Gasteiger partial charge in [0, 0.05) is 31.7 Å². The molecule has 0 aromatic heterocycles. The van der Waals surface area contributed by atoms with Gasteiger partial charge in [0.25, 0.3) is 0 Å². The number of likely N-dealkylation sites (tertiary alicyclic amines) is 1. The number of rotatable bonds is 4. The molecule has 1 aliphatic heterocycles. The molecule has 0 radical (unpaired) electrons. The highest BCUT2D eigenvalue weighted by atomic mass is 32.2. The first-order valence-electron chi connectivity index (χ1n) is 4.72. The van der Waals surface area contributed by atoms with Crippen LogP contribution in [-0.4, -0.2) is 52.9 Å². The summed E-state index contributed by atoms with van der Waals surface area (Å²) in [6.07, 6.45) is 0.993. The Morgan fingerprint density at radius 2 is 2.07 bits per heavy atom. The van der Waals surface area contributed by atoms with E-state index in [1.165, 1.54) is 11.8 Å². The smallest absolute Gasteiger partial charge is 0.232 e. The Balaban J connectivity index is 2.20. The molecule has 1 heterocycles. The van der Waals surface area contributed by atoms with Crippen LogP contribution in [0.1, 0.15) is 12.8 Å². The predicted octanol–water partition coefficient (Wildman–Crippen LogP) is -0.0966. The van der Waals surface area contributed by atoms with Gasteiger partial charge in [0.2, 0.25) is 5.91 Å². The molecule has 1 fully saturated rings. The van der Waals surface area contributed by atoms with Crippen LogP contribution in [0.25, 0.3) is 0 Å². The summed E-state index contributed by atoms with van der Waals surface area (Å²) in [6.45, 7) is 1.24. The summed E-state index contributed by atoms with van der Waals surface area (Å²) in [5, 5.41) is 8.53. The number of carbonyl (C=O) groups is 2. The maximum atomic E-state index is 11.5. The Morgan fingerprint density at radius 3 is 2.64 bits per heavy atom. The standard InChI is InChI=1S/C9H15NO3S/c11-5-6-14-7-9(13)10-3-1-8(12)2-4-10/h11H,1-7H2. The zero-order chi connectivity index (χ0) is 10.4. The van der Waals surface area contributed by atoms with Crippen molar-refractivity contribution in [3.8, 4) is 0 Å². The third-order valence-electron chi connectivity index (χ3n) is 2.13. The van der Waals surface area contributed by atoms with E-state index in [-0.39, 0.29) is 18.3 Å². The maximum Gasteiger partial charge on any atom is 0.232 e. The molecule has 0 saturated carbocycles. The lowest BCUT2D eigenvalue weighted by molar-refractivity contribution is -0.132. The quantitative estimate of drug-likeness (QED) is 0.668. The van der Waals surface area contributed by atoms with Gasteiger partial charge in [-0.3, -0.25) is 9.59 Å². The Morgan fingerprint density at radius 1 is 1.43 bits per heavy atom. The molecule has 1 rings (SSSR count). The fourth-order valence-corrected chi connectivity index (χ4v) is 1.95. The summed E-state index contributed by atoms with van der Waals surface area (Å²) in [6, 6.07) is 0. The molecule has 1 saturated heterocycles. The predicted molar refractivity (Wildman–Crippen MR) is 55.2 cm³/mol. The second kappa shape index (κ2) is 6.03. The molecule has 1 aliphatic rings. The zero-order valence-electron chi connectivity index (χ0n) is 8.07. The van der Waals surface area contributed by atoms with Crippen molar-refractivity contribution in [2.45, 2.75) is 12.8 Å². The zero-order valence-corrected chi connectivity index (χ0v) is 8.89. The van der Waals surface area contributed by atoms with E-state index >= 15 is 0 Å². The van der Waals surface area contributed by atoms with Crippen LogP contribution in [0.15, 0.2) is 0 Å². The number of nitrogens with zero attached hydrogens (tertiary/aromatic N) is 1. The monoisotopic (exact) mass is 217 g/mol. The van der Waals surface area contributed by atoms with Crippen molar-refractivity contribution in [3.63, 3.8) is 0 Å². The fraction of sp³-hybridized carbons (Fsp3) is 0.778. The maximum absolute atomic E-state index is 11.5. The van der Waals surface area contributed by atoms with E-state index in [2.05, 4.69) is 0 Å². The van der Waals surface area contributed by atoms with E-state index in [1.54, 1.807) is 4.90 Å². The highest BCUT2D eigenvalue weighted by Crippen LogP contribution is 2.08. The normalized spacial score (nSPS) is 17.2. The number of thioether (sulfide) groups is 1. The molecule has 80 valence electrons. The third-order valence-corrected chi connectivity index (χ3v) is 3.06. The first kappa shape index (κ1) is 11.5. The van der Waals surface area contributed by atoms with Gasteiger partial charge in [0.05, 0.1) is 12.4 Å². The van der Waals surface area contributed by atoms with Crippen LogP contribution in [0.5, 0.6) is 0 Å². The van der Waals surface area contributed by atoms with Crippen molar-refractivity contribution in [2.75, 3.05) is 31.2 Å². The molecule has 0 unspecified atom stereocenters. The number of amides is 1. The second-order valence-corrected chi connectivity index (χ2v) is 4.30. The molecule has 5 heteroatoms. The van der Waals surface area contributed by atoms with Crippen LogP contribution in [0.3, 0.4) is 0 Å². The number of aliphatic hydroxyl groups is 1. The summed E-state index contributed by atoms with van der Waals surface area (Å²) in [5.74, 6) is 1.33. The molecule has 4 nitrogen and oxygen atoms in total. The number of aliphatic hydroxyl groups excluding tert-OH is 1. The Kier molecular flexibility index (Phi) is 4.97. The molecule has 14 heavy (non-hydrogen) atoms. The van der Waals surface area contributed by atoms with E-state index < -0.39 is 0 Å². The molecule has 0 spiro atoms. The summed E-state index contributed by atoms with van der Waals surface area (Å²) in [5.41, 5.74) is 0. The van der Waals surface area contributed by atoms with Crippen LogP contribution in [0, 0.1) is 0 Å². The molecular weight excluding hydrogens is 202 g/mol. The highest BCUT2D eigenvalue weighted by molar-refractivity contribution is 7.99. The van der Waals surface area contributed by atoms with Crippen molar-refractivity contribution in [1.29, 1.82) is 0 Å². The van der Waals surface area contributed by atoms with E-state index in [0.717, 1.165) is 0 Å². The third kappa shape index (κ3) is 3.67. The molecule has 0 bridgehead atoms. The Hall–Kier alpha value is -0.550. The molecular formula is C9H15NO3S. The molecule has 0 aromatic carbocycles. The number of ketones is 1. The number of piperidine rings is 1. The van der Waals surface area contributed by atoms with Gasteiger partial charge >= 0.3 is 0 Å². The summed E-state index contributed by atoms with van der Waals surface area (Å²) in [4.78, 5) is 24.1. The van der Waals surface area contributed by atoms with Crippen LogP contribution in [0.2, 0.25) is 0 Å². The van der Waals surface area contributed by atoms with E-state index in [4.69, 9.17) is 5.11 Å². The number of hydrogen-bond donors (Lipinski definition) is 1. The topological polar surface area (TPSA) is 57.6 Å². The van der Waals surface area contributed by atoms with Crippen LogP contribution >= 0.6 is 11.8 Å². The van der Waals surface area contributed by atoms with Crippen LogP contribution in [-0.2, 0) is 9.59 Å². The fourth-order valence-electron chi connectivity index (χ4n) is 1.32. The molecule has 0 atom stereocenters. The lowest BCUT2D eigenvalue weighted by Gasteiger charge is -2.25. The SMILES string of the molecule is O=C1CCN(C(=O)CSCCO)CC1. The number of Topliss-reactive ketones (excluding diaryl/α,β-unsaturated/α-hetero) is 1. The van der Waals surface area contributed by atoms with Crippen molar-refractivity contribution in [1.82, 2.24) is 4.90 Å². The first-order chi connectivity index (χ1) is 6.74. The summed E-state index contributed by atoms with van der Waals surface area (Å²) < 4.78 is 0. The van der Waals surface area contributed by atoms with Crippen molar-refractivity contribution in [3.05, 3.63) is 0 Å². The van der Waals surface area contributed by atoms with Gasteiger partial charge in [-0.05, 0) is 0 Å². The largest absolute Gasteiger partial charge is 0.396 e. The molecule has 0 aliphatic carbocycles. The van der Waals surface area contributed by atoms with E-state index in [0.29, 0.717) is 37.4 Å². The molecule has 1 N–H and O–H groups in total. The second-order valence-electron chi connectivity index (χ2n) is 3.20. The average molecular weight is 217 g/mol. The van der Waals surface area contributed by atoms with Gasteiger partial charge in [0.1, 0.15) is 5.78 Å². The van der Waals surface area contributed by atoms with Crippen molar-refractivity contribution >= 4 is 23.5 Å². The highest BCUT2D eigenvalue weighted by Gasteiger charge is 2.19. The Labute approximate surface area is 87.7 Å². The van der Waals surface area contributed by atoms with Crippen molar-refractivity contribution in [2.24, 2.45) is 0 Å². The van der Waals surface area contributed by atoms with E-state index in [9.17, 15) is 9.59 Å². The van der Waals surface area contributed by atoms with Gasteiger partial charge in [0.15, 0.2) is 0 Å². The van der Waals surface area contributed by atoms with Gasteiger partial charge in [-0.1, -0.05) is 0 Å². The Bertz CT molecular complexity index is 210. The van der Waals surface area contributed by atoms with Gasteiger partial charge in [-0.2, -0.15) is 0 Å². The summed E-state index contributed by atoms with van der Waals surface area (Å²) >= 11 is 1.43. The summed E-state index contributed by atoms with van der Waals surface area (Å²) in [7, 11) is 0. The minimum absolute atomic E-state index is 0.0796. The van der Waals surface area contributed by atoms with Crippen molar-refractivity contribution < 1.29 is 14.7 Å². The van der Waals surface area contributed by atoms with Gasteiger partial charge < -0.3 is 10.0 Å². The lowest BCUT2D eigenvalue weighted by atomic mass is 10.1. The minimum atomic E-state index is 0.0796. The van der Waals surface area contributed by atoms with Gasteiger partial charge in [-0.25, -0.2) is 0 Å². The molecule has 0 aromatic rings. The van der Waals surface area contributed by atoms with Crippen LogP contribution < -0.4 is 0 Å². The van der Waals surface area contributed by atoms with E-state index in [1.807, 2.05) is 0 Å². The average Bonchev–Trinajstić information content (AvgIpc) is 2.19. The minimum Gasteiger partial charge on any atom is -0.396 e. The van der Waals surface area contributed by atoms with Gasteiger partial charge in [-0.15, -0.1) is 11.8 Å². The number of hydrogen-bond acceptors (Lipinski definition) is 4. The number of carbonyl (C=O) groups excluding carboxylic acids is 2. The molecule has 1 amide bonds. The van der Waals surface area contributed by atoms with Crippen LogP contribution in [0.4, 0.5) is 0 Å².